The lowest BCUT2D eigenvalue weighted by molar-refractivity contribution is 0.0998. The molecule has 5 aromatic rings. The molecule has 132 valence electrons. The predicted molar refractivity (Wildman–Crippen MR) is 111 cm³/mol. The summed E-state index contributed by atoms with van der Waals surface area (Å²) in [5.41, 5.74) is 3.64. The van der Waals surface area contributed by atoms with E-state index in [0.717, 1.165) is 37.5 Å². The van der Waals surface area contributed by atoms with Crippen molar-refractivity contribution in [2.75, 3.05) is 5.32 Å². The van der Waals surface area contributed by atoms with Gasteiger partial charge in [-0.05, 0) is 36.9 Å². The van der Waals surface area contributed by atoms with Gasteiger partial charge in [0.1, 0.15) is 5.58 Å². The highest BCUT2D eigenvalue weighted by molar-refractivity contribution is 7.22. The van der Waals surface area contributed by atoms with Gasteiger partial charge in [0.05, 0.1) is 10.2 Å². The molecule has 1 N–H and O–H groups in total. The minimum absolute atomic E-state index is 0.274. The number of nitrogens with zero attached hydrogens (tertiary/aromatic N) is 1. The van der Waals surface area contributed by atoms with Crippen LogP contribution in [0, 0.1) is 13.8 Å². The number of hydrogen-bond acceptors (Lipinski definition) is 4. The van der Waals surface area contributed by atoms with Gasteiger partial charge >= 0.3 is 0 Å². The summed E-state index contributed by atoms with van der Waals surface area (Å²) in [4.78, 5) is 17.3. The number of fused-ring (bicyclic) bond motifs is 4. The summed E-state index contributed by atoms with van der Waals surface area (Å²) >= 11 is 1.47. The first-order valence-electron chi connectivity index (χ1n) is 8.69. The van der Waals surface area contributed by atoms with Crippen LogP contribution in [-0.4, -0.2) is 10.9 Å². The lowest BCUT2D eigenvalue weighted by atomic mass is 10.1. The number of amides is 1. The first-order chi connectivity index (χ1) is 13.1. The molecule has 0 aliphatic carbocycles. The molecule has 0 aliphatic heterocycles. The zero-order chi connectivity index (χ0) is 18.5. The molecule has 0 radical (unpaired) electrons. The van der Waals surface area contributed by atoms with Gasteiger partial charge in [0.2, 0.25) is 0 Å². The van der Waals surface area contributed by atoms with E-state index in [1.54, 1.807) is 0 Å². The van der Waals surface area contributed by atoms with Gasteiger partial charge in [0, 0.05) is 16.3 Å². The fourth-order valence-electron chi connectivity index (χ4n) is 3.41. The van der Waals surface area contributed by atoms with Crippen LogP contribution in [0.25, 0.3) is 32.0 Å². The van der Waals surface area contributed by atoms with Crippen molar-refractivity contribution in [3.8, 4) is 0 Å². The molecule has 0 aliphatic rings. The molecule has 0 atom stereocenters. The number of benzene rings is 3. The number of thiazole rings is 1. The van der Waals surface area contributed by atoms with E-state index >= 15 is 0 Å². The molecule has 2 heterocycles. The number of carbonyl (C=O) groups is 1. The molecule has 0 saturated carbocycles. The zero-order valence-corrected chi connectivity index (χ0v) is 15.7. The van der Waals surface area contributed by atoms with Crippen LogP contribution in [0.2, 0.25) is 0 Å². The molecule has 0 spiro atoms. The van der Waals surface area contributed by atoms with E-state index < -0.39 is 0 Å². The molecule has 27 heavy (non-hydrogen) atoms. The Morgan fingerprint density at radius 2 is 1.89 bits per heavy atom. The number of furan rings is 1. The van der Waals surface area contributed by atoms with Gasteiger partial charge in [-0.15, -0.1) is 0 Å². The Bertz CT molecular complexity index is 1350. The van der Waals surface area contributed by atoms with Gasteiger partial charge in [-0.3, -0.25) is 10.1 Å². The Balaban J connectivity index is 1.56. The predicted octanol–water partition coefficient (Wildman–Crippen LogP) is 6.06. The molecule has 4 nitrogen and oxygen atoms in total. The second kappa shape index (κ2) is 5.93. The van der Waals surface area contributed by atoms with Crippen molar-refractivity contribution in [3.63, 3.8) is 0 Å². The van der Waals surface area contributed by atoms with Gasteiger partial charge < -0.3 is 4.42 Å². The van der Waals surface area contributed by atoms with Crippen molar-refractivity contribution in [1.29, 1.82) is 0 Å². The summed E-state index contributed by atoms with van der Waals surface area (Å²) in [5.74, 6) is 0.0559. The fourth-order valence-corrected chi connectivity index (χ4v) is 4.36. The summed E-state index contributed by atoms with van der Waals surface area (Å²) in [6, 6.07) is 18.1. The number of aromatic nitrogens is 1. The smallest absolute Gasteiger partial charge is 0.293 e. The van der Waals surface area contributed by atoms with Crippen LogP contribution in [0.4, 0.5) is 5.13 Å². The maximum atomic E-state index is 12.8. The van der Waals surface area contributed by atoms with E-state index in [0.29, 0.717) is 10.9 Å². The number of anilines is 1. The third-order valence-corrected chi connectivity index (χ3v) is 5.73. The lowest BCUT2D eigenvalue weighted by Crippen LogP contribution is -2.11. The van der Waals surface area contributed by atoms with Crippen molar-refractivity contribution in [2.45, 2.75) is 13.8 Å². The Morgan fingerprint density at radius 1 is 1.04 bits per heavy atom. The molecule has 3 aromatic carbocycles. The topological polar surface area (TPSA) is 55.1 Å². The average Bonchev–Trinajstić information content (AvgIpc) is 3.22. The van der Waals surface area contributed by atoms with E-state index in [2.05, 4.69) is 22.4 Å². The quantitative estimate of drug-likeness (QED) is 0.409. The summed E-state index contributed by atoms with van der Waals surface area (Å²) in [5, 5.41) is 6.52. The number of rotatable bonds is 2. The summed E-state index contributed by atoms with van der Waals surface area (Å²) in [6.45, 7) is 3.96. The maximum Gasteiger partial charge on any atom is 0.293 e. The van der Waals surface area contributed by atoms with Crippen molar-refractivity contribution in [1.82, 2.24) is 4.98 Å². The van der Waals surface area contributed by atoms with Crippen LogP contribution in [0.5, 0.6) is 0 Å². The van der Waals surface area contributed by atoms with Crippen LogP contribution < -0.4 is 5.32 Å². The highest BCUT2D eigenvalue weighted by Crippen LogP contribution is 2.33. The third-order valence-electron chi connectivity index (χ3n) is 4.80. The number of aryl methyl sites for hydroxylation is 2. The summed E-state index contributed by atoms with van der Waals surface area (Å²) in [6.07, 6.45) is 0. The van der Waals surface area contributed by atoms with Crippen LogP contribution in [0.1, 0.15) is 21.7 Å². The van der Waals surface area contributed by atoms with Gasteiger partial charge in [0.25, 0.3) is 5.91 Å². The monoisotopic (exact) mass is 372 g/mol. The van der Waals surface area contributed by atoms with Crippen LogP contribution in [-0.2, 0) is 0 Å². The van der Waals surface area contributed by atoms with E-state index in [1.807, 2.05) is 56.3 Å². The molecule has 0 saturated heterocycles. The van der Waals surface area contributed by atoms with Crippen molar-refractivity contribution in [2.24, 2.45) is 0 Å². The molecule has 2 aromatic heterocycles. The average molecular weight is 372 g/mol. The summed E-state index contributed by atoms with van der Waals surface area (Å²) < 4.78 is 7.06. The van der Waals surface area contributed by atoms with Crippen molar-refractivity contribution < 1.29 is 9.21 Å². The Kier molecular flexibility index (Phi) is 3.52. The second-order valence-corrected chi connectivity index (χ2v) is 7.69. The molecular weight excluding hydrogens is 356 g/mol. The van der Waals surface area contributed by atoms with Crippen molar-refractivity contribution >= 4 is 54.3 Å². The standard InChI is InChI=1S/C22H16N2O2S/c1-12-7-10-17-18(11-12)27-22(23-17)24-21(25)19-13(2)15-9-8-14-5-3-4-6-16(14)20(15)26-19/h3-11H,1-2H3,(H,23,24,25). The Hall–Kier alpha value is -3.18. The highest BCUT2D eigenvalue weighted by atomic mass is 32.1. The van der Waals surface area contributed by atoms with E-state index in [1.165, 1.54) is 16.9 Å². The van der Waals surface area contributed by atoms with Gasteiger partial charge in [-0.2, -0.15) is 0 Å². The molecular formula is C22H16N2O2S. The summed E-state index contributed by atoms with van der Waals surface area (Å²) in [7, 11) is 0. The van der Waals surface area contributed by atoms with Crippen LogP contribution >= 0.6 is 11.3 Å². The zero-order valence-electron chi connectivity index (χ0n) is 14.9. The van der Waals surface area contributed by atoms with Gasteiger partial charge in [-0.1, -0.05) is 53.8 Å². The van der Waals surface area contributed by atoms with Crippen LogP contribution in [0.15, 0.2) is 59.0 Å². The first kappa shape index (κ1) is 16.0. The van der Waals surface area contributed by atoms with Crippen molar-refractivity contribution in [3.05, 3.63) is 71.5 Å². The normalized spacial score (nSPS) is 11.5. The molecule has 5 heteroatoms. The van der Waals surface area contributed by atoms with E-state index in [-0.39, 0.29) is 5.91 Å². The Morgan fingerprint density at radius 3 is 2.78 bits per heavy atom. The van der Waals surface area contributed by atoms with E-state index in [4.69, 9.17) is 4.42 Å². The van der Waals surface area contributed by atoms with Gasteiger partial charge in [0.15, 0.2) is 10.9 Å². The fraction of sp³-hybridized carbons (Fsp3) is 0.0909. The molecule has 1 amide bonds. The minimum atomic E-state index is -0.274. The highest BCUT2D eigenvalue weighted by Gasteiger charge is 2.20. The minimum Gasteiger partial charge on any atom is -0.450 e. The lowest BCUT2D eigenvalue weighted by Gasteiger charge is -1.98. The van der Waals surface area contributed by atoms with Gasteiger partial charge in [-0.25, -0.2) is 4.98 Å². The van der Waals surface area contributed by atoms with E-state index in [9.17, 15) is 4.79 Å². The first-order valence-corrected chi connectivity index (χ1v) is 9.51. The van der Waals surface area contributed by atoms with Crippen LogP contribution in [0.3, 0.4) is 0 Å². The maximum absolute atomic E-state index is 12.8. The Labute approximate surface area is 159 Å². The SMILES string of the molecule is Cc1ccc2nc(NC(=O)c3oc4c(ccc5ccccc54)c3C)sc2c1. The molecule has 0 unspecified atom stereocenters. The third kappa shape index (κ3) is 2.59. The molecule has 0 fully saturated rings. The number of nitrogens with one attached hydrogen (secondary N) is 1. The number of carbonyl (C=O) groups excluding carboxylic acids is 1. The largest absolute Gasteiger partial charge is 0.450 e. The molecule has 5 rings (SSSR count). The second-order valence-electron chi connectivity index (χ2n) is 6.66. The molecule has 0 bridgehead atoms. The number of hydrogen-bond donors (Lipinski definition) is 1.